The zero-order valence-electron chi connectivity index (χ0n) is 11.6. The Labute approximate surface area is 128 Å². The van der Waals surface area contributed by atoms with Gasteiger partial charge in [0.05, 0.1) is 13.7 Å². The molecule has 0 saturated heterocycles. The predicted octanol–water partition coefficient (Wildman–Crippen LogP) is 2.47. The van der Waals surface area contributed by atoms with E-state index >= 15 is 0 Å². The number of methoxy groups -OCH3 is 1. The van der Waals surface area contributed by atoms with Crippen molar-refractivity contribution in [3.63, 3.8) is 0 Å². The van der Waals surface area contributed by atoms with Crippen LogP contribution in [0, 0.1) is 0 Å². The number of carbonyl (C=O) groups is 1. The predicted molar refractivity (Wildman–Crippen MR) is 82.6 cm³/mol. The van der Waals surface area contributed by atoms with E-state index in [9.17, 15) is 4.79 Å². The van der Waals surface area contributed by atoms with Gasteiger partial charge in [-0.2, -0.15) is 0 Å². The highest BCUT2D eigenvalue weighted by Gasteiger charge is 2.03. The zero-order valence-corrected chi connectivity index (χ0v) is 12.4. The lowest BCUT2D eigenvalue weighted by Gasteiger charge is -2.07. The number of amides is 1. The third-order valence-electron chi connectivity index (χ3n) is 2.75. The molecule has 1 aromatic carbocycles. The summed E-state index contributed by atoms with van der Waals surface area (Å²) < 4.78 is 5.04. The Morgan fingerprint density at radius 1 is 1.29 bits per heavy atom. The van der Waals surface area contributed by atoms with Gasteiger partial charge in [0.1, 0.15) is 0 Å². The summed E-state index contributed by atoms with van der Waals surface area (Å²) in [6.07, 6.45) is 1.67. The highest BCUT2D eigenvalue weighted by molar-refractivity contribution is 6.30. The van der Waals surface area contributed by atoms with Crippen molar-refractivity contribution in [1.82, 2.24) is 10.3 Å². The van der Waals surface area contributed by atoms with Crippen molar-refractivity contribution in [3.8, 4) is 5.88 Å². The van der Waals surface area contributed by atoms with Crippen molar-refractivity contribution in [2.75, 3.05) is 19.0 Å². The molecule has 2 N–H and O–H groups in total. The maximum absolute atomic E-state index is 11.8. The van der Waals surface area contributed by atoms with Crippen molar-refractivity contribution >= 4 is 23.2 Å². The lowest BCUT2D eigenvalue weighted by atomic mass is 10.2. The maximum Gasteiger partial charge on any atom is 0.238 e. The molecule has 110 valence electrons. The van der Waals surface area contributed by atoms with Crippen LogP contribution in [0.15, 0.2) is 42.6 Å². The minimum absolute atomic E-state index is 0.113. The molecule has 6 heteroatoms. The molecule has 0 spiro atoms. The maximum atomic E-state index is 11.8. The van der Waals surface area contributed by atoms with E-state index in [1.54, 1.807) is 37.6 Å². The van der Waals surface area contributed by atoms with Crippen molar-refractivity contribution < 1.29 is 9.53 Å². The van der Waals surface area contributed by atoms with Crippen LogP contribution in [-0.4, -0.2) is 24.5 Å². The van der Waals surface area contributed by atoms with Gasteiger partial charge in [0, 0.05) is 29.5 Å². The molecule has 0 unspecified atom stereocenters. The first-order valence-electron chi connectivity index (χ1n) is 6.42. The molecule has 0 saturated carbocycles. The van der Waals surface area contributed by atoms with Crippen LogP contribution in [0.2, 0.25) is 5.02 Å². The number of halogens is 1. The quantitative estimate of drug-likeness (QED) is 0.860. The second-order valence-electron chi connectivity index (χ2n) is 4.37. The van der Waals surface area contributed by atoms with Gasteiger partial charge in [-0.15, -0.1) is 0 Å². The van der Waals surface area contributed by atoms with Crippen LogP contribution >= 0.6 is 11.6 Å². The van der Waals surface area contributed by atoms with Crippen LogP contribution in [0.3, 0.4) is 0 Å². The monoisotopic (exact) mass is 305 g/mol. The Morgan fingerprint density at radius 2 is 2.05 bits per heavy atom. The molecule has 1 aromatic heterocycles. The van der Waals surface area contributed by atoms with Crippen LogP contribution in [0.4, 0.5) is 5.69 Å². The lowest BCUT2D eigenvalue weighted by molar-refractivity contribution is -0.115. The summed E-state index contributed by atoms with van der Waals surface area (Å²) in [5.41, 5.74) is 1.72. The van der Waals surface area contributed by atoms with Crippen LogP contribution < -0.4 is 15.4 Å². The highest BCUT2D eigenvalue weighted by atomic mass is 35.5. The standard InChI is InChI=1S/C15H16ClN3O2/c1-21-15-8-11(6-7-18-15)9-17-10-14(20)19-13-4-2-12(16)3-5-13/h2-8,17H,9-10H2,1H3,(H,19,20). The minimum Gasteiger partial charge on any atom is -0.481 e. The van der Waals surface area contributed by atoms with E-state index in [-0.39, 0.29) is 12.5 Å². The normalized spacial score (nSPS) is 10.2. The van der Waals surface area contributed by atoms with Gasteiger partial charge in [-0.05, 0) is 35.9 Å². The van der Waals surface area contributed by atoms with Gasteiger partial charge >= 0.3 is 0 Å². The van der Waals surface area contributed by atoms with Gasteiger partial charge in [-0.3, -0.25) is 4.79 Å². The second kappa shape index (κ2) is 7.61. The average molecular weight is 306 g/mol. The van der Waals surface area contributed by atoms with Gasteiger partial charge in [0.25, 0.3) is 0 Å². The smallest absolute Gasteiger partial charge is 0.238 e. The van der Waals surface area contributed by atoms with Crippen LogP contribution in [0.1, 0.15) is 5.56 Å². The van der Waals surface area contributed by atoms with Gasteiger partial charge in [0.2, 0.25) is 11.8 Å². The van der Waals surface area contributed by atoms with Gasteiger partial charge in [-0.1, -0.05) is 11.6 Å². The molecule has 1 heterocycles. The van der Waals surface area contributed by atoms with E-state index < -0.39 is 0 Å². The molecule has 0 fully saturated rings. The fraction of sp³-hybridized carbons (Fsp3) is 0.200. The Kier molecular flexibility index (Phi) is 5.54. The molecule has 0 bridgehead atoms. The summed E-state index contributed by atoms with van der Waals surface area (Å²) in [5.74, 6) is 0.443. The number of pyridine rings is 1. The molecule has 21 heavy (non-hydrogen) atoms. The number of nitrogens with one attached hydrogen (secondary N) is 2. The van der Waals surface area contributed by atoms with Crippen molar-refractivity contribution in [2.24, 2.45) is 0 Å². The summed E-state index contributed by atoms with van der Waals surface area (Å²) in [6.45, 7) is 0.778. The fourth-order valence-electron chi connectivity index (χ4n) is 1.73. The minimum atomic E-state index is -0.113. The van der Waals surface area contributed by atoms with E-state index in [1.165, 1.54) is 0 Å². The molecule has 0 aliphatic rings. The molecule has 0 aliphatic carbocycles. The van der Waals surface area contributed by atoms with Crippen LogP contribution in [0.5, 0.6) is 5.88 Å². The number of ether oxygens (including phenoxy) is 1. The third kappa shape index (κ3) is 5.06. The number of hydrogen-bond acceptors (Lipinski definition) is 4. The van der Waals surface area contributed by atoms with Crippen molar-refractivity contribution in [1.29, 1.82) is 0 Å². The molecule has 0 aliphatic heterocycles. The Morgan fingerprint density at radius 3 is 2.76 bits per heavy atom. The van der Waals surface area contributed by atoms with Crippen LogP contribution in [-0.2, 0) is 11.3 Å². The molecule has 2 rings (SSSR count). The van der Waals surface area contributed by atoms with Crippen molar-refractivity contribution in [3.05, 3.63) is 53.2 Å². The first-order valence-corrected chi connectivity index (χ1v) is 6.80. The first kappa shape index (κ1) is 15.3. The number of nitrogens with zero attached hydrogens (tertiary/aromatic N) is 1. The molecule has 1 amide bonds. The average Bonchev–Trinajstić information content (AvgIpc) is 2.50. The Hall–Kier alpha value is -2.11. The summed E-state index contributed by atoms with van der Waals surface area (Å²) >= 11 is 5.78. The third-order valence-corrected chi connectivity index (χ3v) is 3.00. The Bertz CT molecular complexity index is 602. The largest absolute Gasteiger partial charge is 0.481 e. The van der Waals surface area contributed by atoms with E-state index in [1.807, 2.05) is 12.1 Å². The number of carbonyl (C=O) groups excluding carboxylic acids is 1. The van der Waals surface area contributed by atoms with Crippen molar-refractivity contribution in [2.45, 2.75) is 6.54 Å². The molecule has 5 nitrogen and oxygen atoms in total. The lowest BCUT2D eigenvalue weighted by Crippen LogP contribution is -2.27. The summed E-state index contributed by atoms with van der Waals surface area (Å²) in [6, 6.07) is 10.7. The number of hydrogen-bond donors (Lipinski definition) is 2. The summed E-state index contributed by atoms with van der Waals surface area (Å²) in [4.78, 5) is 15.8. The second-order valence-corrected chi connectivity index (χ2v) is 4.80. The van der Waals surface area contributed by atoms with E-state index in [4.69, 9.17) is 16.3 Å². The number of aromatic nitrogens is 1. The van der Waals surface area contributed by atoms with Gasteiger partial charge < -0.3 is 15.4 Å². The number of benzene rings is 1. The molecular formula is C15H16ClN3O2. The van der Waals surface area contributed by atoms with E-state index in [2.05, 4.69) is 15.6 Å². The topological polar surface area (TPSA) is 63.2 Å². The van der Waals surface area contributed by atoms with Gasteiger partial charge in [-0.25, -0.2) is 4.98 Å². The van der Waals surface area contributed by atoms with E-state index in [0.29, 0.717) is 17.4 Å². The Balaban J connectivity index is 1.77. The SMILES string of the molecule is COc1cc(CNCC(=O)Nc2ccc(Cl)cc2)ccn1. The number of anilines is 1. The zero-order chi connectivity index (χ0) is 15.1. The first-order chi connectivity index (χ1) is 10.2. The number of rotatable bonds is 6. The summed E-state index contributed by atoms with van der Waals surface area (Å²) in [5, 5.41) is 6.48. The fourth-order valence-corrected chi connectivity index (χ4v) is 1.86. The molecule has 0 radical (unpaired) electrons. The van der Waals surface area contributed by atoms with E-state index in [0.717, 1.165) is 11.3 Å². The highest BCUT2D eigenvalue weighted by Crippen LogP contribution is 2.13. The molecule has 0 atom stereocenters. The molecule has 2 aromatic rings. The van der Waals surface area contributed by atoms with Crippen LogP contribution in [0.25, 0.3) is 0 Å². The summed E-state index contributed by atoms with van der Waals surface area (Å²) in [7, 11) is 1.57. The molecular weight excluding hydrogens is 290 g/mol. The van der Waals surface area contributed by atoms with Gasteiger partial charge in [0.15, 0.2) is 0 Å².